The van der Waals surface area contributed by atoms with E-state index in [1.54, 1.807) is 17.0 Å². The fourth-order valence-electron chi connectivity index (χ4n) is 0.688. The molecule has 1 aromatic heterocycles. The molecule has 1 heterocycles. The minimum absolute atomic E-state index is 0.117. The summed E-state index contributed by atoms with van der Waals surface area (Å²) in [5.74, 6) is 0.117. The first-order valence-corrected chi connectivity index (χ1v) is 4.08. The van der Waals surface area contributed by atoms with Crippen molar-refractivity contribution in [3.63, 3.8) is 0 Å². The van der Waals surface area contributed by atoms with Crippen LogP contribution in [0.2, 0.25) is 0 Å². The van der Waals surface area contributed by atoms with E-state index in [0.717, 1.165) is 0 Å². The van der Waals surface area contributed by atoms with Gasteiger partial charge in [-0.25, -0.2) is 4.98 Å². The van der Waals surface area contributed by atoms with Crippen LogP contribution in [-0.2, 0) is 0 Å². The van der Waals surface area contributed by atoms with Crippen LogP contribution in [0.1, 0.15) is 5.50 Å². The van der Waals surface area contributed by atoms with Crippen LogP contribution in [0.25, 0.3) is 0 Å². The topological polar surface area (TPSA) is 38.0 Å². The molecule has 2 unspecified atom stereocenters. The molecule has 2 atom stereocenters. The highest BCUT2D eigenvalue weighted by Crippen LogP contribution is 2.16. The van der Waals surface area contributed by atoms with Gasteiger partial charge in [0.15, 0.2) is 0 Å². The quantitative estimate of drug-likeness (QED) is 0.736. The summed E-state index contributed by atoms with van der Waals surface area (Å²) < 4.78 is 1.59. The van der Waals surface area contributed by atoms with Crippen molar-refractivity contribution in [2.75, 3.05) is 5.88 Å². The number of aromatic nitrogens is 2. The van der Waals surface area contributed by atoms with E-state index in [2.05, 4.69) is 4.98 Å². The molecule has 0 saturated heterocycles. The van der Waals surface area contributed by atoms with Gasteiger partial charge in [0.25, 0.3) is 0 Å². The molecule has 0 radical (unpaired) electrons. The largest absolute Gasteiger partial charge is 0.388 e. The van der Waals surface area contributed by atoms with Gasteiger partial charge in [-0.3, -0.25) is 0 Å². The van der Waals surface area contributed by atoms with Crippen LogP contribution < -0.4 is 0 Å². The third kappa shape index (κ3) is 2.09. The van der Waals surface area contributed by atoms with E-state index in [9.17, 15) is 5.11 Å². The number of nitrogens with zero attached hydrogens (tertiary/aromatic N) is 2. The second kappa shape index (κ2) is 3.95. The van der Waals surface area contributed by atoms with Gasteiger partial charge in [0.1, 0.15) is 11.6 Å². The number of imidazole rings is 1. The lowest BCUT2D eigenvalue weighted by Gasteiger charge is -2.14. The van der Waals surface area contributed by atoms with Crippen molar-refractivity contribution in [1.82, 2.24) is 9.55 Å². The maximum absolute atomic E-state index is 9.19. The van der Waals surface area contributed by atoms with Gasteiger partial charge in [-0.1, -0.05) is 11.6 Å². The van der Waals surface area contributed by atoms with Gasteiger partial charge >= 0.3 is 0 Å². The van der Waals surface area contributed by atoms with E-state index in [4.69, 9.17) is 23.2 Å². The summed E-state index contributed by atoms with van der Waals surface area (Å²) >= 11 is 11.2. The Hall–Kier alpha value is -0.250. The average Bonchev–Trinajstić information content (AvgIpc) is 2.53. The van der Waals surface area contributed by atoms with Crippen LogP contribution in [0, 0.1) is 0 Å². The summed E-state index contributed by atoms with van der Waals surface area (Å²) in [4.78, 5) is 3.78. The number of alkyl halides is 2. The van der Waals surface area contributed by atoms with Crippen LogP contribution in [0.4, 0.5) is 0 Å². The number of aliphatic hydroxyl groups excluding tert-OH is 1. The molecule has 1 rings (SSSR count). The number of hydrogen-bond acceptors (Lipinski definition) is 2. The van der Waals surface area contributed by atoms with Crippen molar-refractivity contribution in [3.8, 4) is 0 Å². The number of rotatable bonds is 3. The summed E-state index contributed by atoms with van der Waals surface area (Å²) in [6.07, 6.45) is 4.06. The second-order valence-electron chi connectivity index (χ2n) is 2.10. The van der Waals surface area contributed by atoms with Gasteiger partial charge < -0.3 is 9.67 Å². The monoisotopic (exact) mass is 194 g/mol. The summed E-state index contributed by atoms with van der Waals surface area (Å²) in [5.41, 5.74) is -0.532. The van der Waals surface area contributed by atoms with Crippen LogP contribution in [-0.4, -0.2) is 26.6 Å². The normalized spacial score (nSPS) is 16.3. The van der Waals surface area contributed by atoms with E-state index in [0.29, 0.717) is 0 Å². The lowest BCUT2D eigenvalue weighted by Crippen LogP contribution is -2.19. The molecular weight excluding hydrogens is 187 g/mol. The minimum atomic E-state index is -0.743. The standard InChI is InChI=1S/C6H8Cl2N2O/c7-3-5(11)6(8)10-2-1-9-4-10/h1-2,4-6,11H,3H2. The molecule has 0 amide bonds. The van der Waals surface area contributed by atoms with Crippen molar-refractivity contribution in [3.05, 3.63) is 18.7 Å². The smallest absolute Gasteiger partial charge is 0.136 e. The predicted octanol–water partition coefficient (Wildman–Crippen LogP) is 1.22. The number of halogens is 2. The van der Waals surface area contributed by atoms with Gasteiger partial charge in [-0.05, 0) is 0 Å². The zero-order chi connectivity index (χ0) is 8.27. The van der Waals surface area contributed by atoms with E-state index in [1.165, 1.54) is 6.33 Å². The van der Waals surface area contributed by atoms with Crippen LogP contribution in [0.15, 0.2) is 18.7 Å². The zero-order valence-corrected chi connectivity index (χ0v) is 7.20. The van der Waals surface area contributed by atoms with Crippen LogP contribution in [0.3, 0.4) is 0 Å². The van der Waals surface area contributed by atoms with Gasteiger partial charge in [-0.2, -0.15) is 0 Å². The summed E-state index contributed by atoms with van der Waals surface area (Å²) in [5, 5.41) is 9.19. The first-order chi connectivity index (χ1) is 5.25. The minimum Gasteiger partial charge on any atom is -0.388 e. The van der Waals surface area contributed by atoms with Crippen molar-refractivity contribution in [1.29, 1.82) is 0 Å². The second-order valence-corrected chi connectivity index (χ2v) is 2.86. The van der Waals surface area contributed by atoms with Crippen molar-refractivity contribution in [2.24, 2.45) is 0 Å². The van der Waals surface area contributed by atoms with Gasteiger partial charge in [0.05, 0.1) is 12.2 Å². The van der Waals surface area contributed by atoms with Crippen LogP contribution >= 0.6 is 23.2 Å². The Morgan fingerprint density at radius 1 is 1.64 bits per heavy atom. The van der Waals surface area contributed by atoms with Crippen LogP contribution in [0.5, 0.6) is 0 Å². The molecule has 0 aliphatic heterocycles. The Kier molecular flexibility index (Phi) is 3.17. The maximum Gasteiger partial charge on any atom is 0.136 e. The fraction of sp³-hybridized carbons (Fsp3) is 0.500. The zero-order valence-electron chi connectivity index (χ0n) is 5.69. The summed E-state index contributed by atoms with van der Waals surface area (Å²) in [7, 11) is 0. The molecule has 62 valence electrons. The molecule has 0 spiro atoms. The molecule has 11 heavy (non-hydrogen) atoms. The van der Waals surface area contributed by atoms with E-state index < -0.39 is 11.6 Å². The lowest BCUT2D eigenvalue weighted by atomic mass is 10.4. The molecule has 0 fully saturated rings. The highest BCUT2D eigenvalue weighted by Gasteiger charge is 2.15. The first kappa shape index (κ1) is 8.84. The molecule has 1 aromatic rings. The van der Waals surface area contributed by atoms with Crippen molar-refractivity contribution >= 4 is 23.2 Å². The van der Waals surface area contributed by atoms with Crippen molar-refractivity contribution in [2.45, 2.75) is 11.6 Å². The summed E-state index contributed by atoms with van der Waals surface area (Å²) in [6.45, 7) is 0. The van der Waals surface area contributed by atoms with Gasteiger partial charge in [0.2, 0.25) is 0 Å². The number of aliphatic hydroxyl groups is 1. The Bertz CT molecular complexity index is 202. The van der Waals surface area contributed by atoms with Gasteiger partial charge in [0, 0.05) is 12.4 Å². The highest BCUT2D eigenvalue weighted by molar-refractivity contribution is 6.21. The summed E-state index contributed by atoms with van der Waals surface area (Å²) in [6, 6.07) is 0. The van der Waals surface area contributed by atoms with Gasteiger partial charge in [-0.15, -0.1) is 11.6 Å². The predicted molar refractivity (Wildman–Crippen MR) is 43.8 cm³/mol. The van der Waals surface area contributed by atoms with E-state index in [1.807, 2.05) is 0 Å². The Morgan fingerprint density at radius 2 is 2.36 bits per heavy atom. The molecule has 3 nitrogen and oxygen atoms in total. The Labute approximate surface area is 74.6 Å². The molecule has 1 N–H and O–H groups in total. The average molecular weight is 195 g/mol. The highest BCUT2D eigenvalue weighted by atomic mass is 35.5. The molecule has 0 aliphatic rings. The molecule has 0 saturated carbocycles. The van der Waals surface area contributed by atoms with Crippen molar-refractivity contribution < 1.29 is 5.11 Å². The molecule has 0 aromatic carbocycles. The maximum atomic E-state index is 9.19. The molecular formula is C6H8Cl2N2O. The van der Waals surface area contributed by atoms with E-state index >= 15 is 0 Å². The third-order valence-corrected chi connectivity index (χ3v) is 2.12. The number of hydrogen-bond donors (Lipinski definition) is 1. The molecule has 0 bridgehead atoms. The SMILES string of the molecule is OC(CCl)C(Cl)n1ccnc1. The van der Waals surface area contributed by atoms with E-state index in [-0.39, 0.29) is 5.88 Å². The Balaban J connectivity index is 2.62. The molecule has 5 heteroatoms. The first-order valence-electron chi connectivity index (χ1n) is 3.11. The third-order valence-electron chi connectivity index (χ3n) is 1.29. The Morgan fingerprint density at radius 3 is 2.82 bits per heavy atom. The molecule has 0 aliphatic carbocycles. The fourth-order valence-corrected chi connectivity index (χ4v) is 1.15. The lowest BCUT2D eigenvalue weighted by molar-refractivity contribution is 0.169.